The Hall–Kier alpha value is -0.220. The van der Waals surface area contributed by atoms with Crippen molar-refractivity contribution >= 4 is 17.7 Å². The molecule has 0 aromatic heterocycles. The largest absolute Gasteiger partial charge is 0.337 e. The monoisotopic (exact) mass is 256 g/mol. The Labute approximate surface area is 108 Å². The molecule has 0 aromatic rings. The highest BCUT2D eigenvalue weighted by Gasteiger charge is 2.33. The highest BCUT2D eigenvalue weighted by Crippen LogP contribution is 2.29. The Morgan fingerprint density at radius 3 is 2.71 bits per heavy atom. The van der Waals surface area contributed by atoms with Gasteiger partial charge in [-0.2, -0.15) is 0 Å². The van der Waals surface area contributed by atoms with Crippen LogP contribution in [0.3, 0.4) is 0 Å². The fourth-order valence-corrected chi connectivity index (χ4v) is 4.16. The molecule has 0 radical (unpaired) electrons. The van der Waals surface area contributed by atoms with Gasteiger partial charge in [0.1, 0.15) is 0 Å². The summed E-state index contributed by atoms with van der Waals surface area (Å²) in [5.41, 5.74) is 6.02. The Morgan fingerprint density at radius 2 is 2.06 bits per heavy atom. The van der Waals surface area contributed by atoms with Crippen molar-refractivity contribution in [3.63, 3.8) is 0 Å². The van der Waals surface area contributed by atoms with Crippen LogP contribution in [-0.2, 0) is 4.79 Å². The third kappa shape index (κ3) is 3.16. The molecule has 4 heteroatoms. The lowest BCUT2D eigenvalue weighted by molar-refractivity contribution is -0.134. The number of nitrogens with zero attached hydrogens (tertiary/aromatic N) is 1. The van der Waals surface area contributed by atoms with Crippen LogP contribution >= 0.6 is 11.8 Å². The first kappa shape index (κ1) is 13.2. The van der Waals surface area contributed by atoms with E-state index in [9.17, 15) is 4.79 Å². The molecule has 98 valence electrons. The number of likely N-dealkylation sites (tertiary alicyclic amines) is 1. The molecule has 2 heterocycles. The van der Waals surface area contributed by atoms with Gasteiger partial charge in [0.05, 0.1) is 5.25 Å². The molecule has 2 fully saturated rings. The van der Waals surface area contributed by atoms with Crippen LogP contribution in [0, 0.1) is 0 Å². The highest BCUT2D eigenvalue weighted by atomic mass is 32.2. The minimum Gasteiger partial charge on any atom is -0.337 e. The van der Waals surface area contributed by atoms with Gasteiger partial charge in [-0.3, -0.25) is 4.79 Å². The lowest BCUT2D eigenvalue weighted by Crippen LogP contribution is -2.54. The molecule has 0 spiro atoms. The van der Waals surface area contributed by atoms with E-state index in [-0.39, 0.29) is 17.3 Å². The van der Waals surface area contributed by atoms with Gasteiger partial charge in [0.2, 0.25) is 5.91 Å². The van der Waals surface area contributed by atoms with Crippen LogP contribution in [0.15, 0.2) is 0 Å². The first-order chi connectivity index (χ1) is 8.20. The molecule has 2 saturated heterocycles. The van der Waals surface area contributed by atoms with Crippen molar-refractivity contribution in [3.8, 4) is 0 Å². The number of thioether (sulfide) groups is 1. The maximum atomic E-state index is 12.5. The highest BCUT2D eigenvalue weighted by molar-refractivity contribution is 8.00. The minimum absolute atomic E-state index is 0.104. The average Bonchev–Trinajstić information content (AvgIpc) is 2.39. The van der Waals surface area contributed by atoms with Crippen LogP contribution in [-0.4, -0.2) is 40.4 Å². The quantitative estimate of drug-likeness (QED) is 0.822. The Bertz CT molecular complexity index is 264. The molecule has 2 N–H and O–H groups in total. The molecule has 0 aliphatic carbocycles. The fourth-order valence-electron chi connectivity index (χ4n) is 2.90. The zero-order chi connectivity index (χ0) is 12.3. The molecule has 17 heavy (non-hydrogen) atoms. The number of carbonyl (C=O) groups is 1. The summed E-state index contributed by atoms with van der Waals surface area (Å²) < 4.78 is 0. The molecule has 0 aromatic carbocycles. The van der Waals surface area contributed by atoms with E-state index in [1.54, 1.807) is 0 Å². The first-order valence-electron chi connectivity index (χ1n) is 6.88. The molecule has 0 saturated carbocycles. The second-order valence-electron chi connectivity index (χ2n) is 5.31. The summed E-state index contributed by atoms with van der Waals surface area (Å²) in [5, 5.41) is 0.211. The van der Waals surface area contributed by atoms with Crippen LogP contribution in [0.2, 0.25) is 0 Å². The van der Waals surface area contributed by atoms with Gasteiger partial charge in [0, 0.05) is 18.6 Å². The topological polar surface area (TPSA) is 46.3 Å². The van der Waals surface area contributed by atoms with E-state index in [1.165, 1.54) is 19.3 Å². The van der Waals surface area contributed by atoms with E-state index in [4.69, 9.17) is 5.73 Å². The van der Waals surface area contributed by atoms with Crippen molar-refractivity contribution in [2.45, 2.75) is 62.8 Å². The van der Waals surface area contributed by atoms with Crippen molar-refractivity contribution in [1.82, 2.24) is 4.90 Å². The maximum Gasteiger partial charge on any atom is 0.235 e. The molecule has 2 aliphatic rings. The van der Waals surface area contributed by atoms with Gasteiger partial charge in [-0.1, -0.05) is 6.42 Å². The van der Waals surface area contributed by atoms with E-state index in [0.29, 0.717) is 5.91 Å². The summed E-state index contributed by atoms with van der Waals surface area (Å²) in [6.07, 6.45) is 6.98. The lowest BCUT2D eigenvalue weighted by atomic mass is 9.96. The minimum atomic E-state index is 0.104. The van der Waals surface area contributed by atoms with Gasteiger partial charge < -0.3 is 10.6 Å². The van der Waals surface area contributed by atoms with Crippen LogP contribution in [0.1, 0.15) is 45.4 Å². The Morgan fingerprint density at radius 1 is 1.29 bits per heavy atom. The van der Waals surface area contributed by atoms with Crippen LogP contribution in [0.25, 0.3) is 0 Å². The first-order valence-corrected chi connectivity index (χ1v) is 7.92. The van der Waals surface area contributed by atoms with E-state index in [2.05, 4.69) is 4.90 Å². The summed E-state index contributed by atoms with van der Waals surface area (Å²) in [5.74, 6) is 1.50. The van der Waals surface area contributed by atoms with Crippen LogP contribution < -0.4 is 5.73 Å². The zero-order valence-corrected chi connectivity index (χ0v) is 11.5. The van der Waals surface area contributed by atoms with Crippen molar-refractivity contribution in [3.05, 3.63) is 0 Å². The molecule has 3 nitrogen and oxygen atoms in total. The van der Waals surface area contributed by atoms with Crippen LogP contribution in [0.5, 0.6) is 0 Å². The van der Waals surface area contributed by atoms with Gasteiger partial charge in [0.15, 0.2) is 0 Å². The number of amides is 1. The fraction of sp³-hybridized carbons (Fsp3) is 0.923. The van der Waals surface area contributed by atoms with Gasteiger partial charge in [-0.05, 0) is 44.8 Å². The molecule has 0 bridgehead atoms. The molecular formula is C13H24N2OS. The maximum absolute atomic E-state index is 12.5. The average molecular weight is 256 g/mol. The number of nitrogens with two attached hydrogens (primary N) is 1. The van der Waals surface area contributed by atoms with Gasteiger partial charge >= 0.3 is 0 Å². The van der Waals surface area contributed by atoms with E-state index >= 15 is 0 Å². The second-order valence-corrected chi connectivity index (χ2v) is 6.62. The number of hydrogen-bond acceptors (Lipinski definition) is 3. The Kier molecular flexibility index (Phi) is 4.74. The molecular weight excluding hydrogens is 232 g/mol. The standard InChI is InChI=1S/C13H24N2OS/c1-10(14)11-6-2-4-8-15(11)13(16)12-7-3-5-9-17-12/h10-12H,2-9,14H2,1H3. The molecule has 2 rings (SSSR count). The summed E-state index contributed by atoms with van der Waals surface area (Å²) in [6, 6.07) is 0.381. The van der Waals surface area contributed by atoms with Gasteiger partial charge in [0.25, 0.3) is 0 Å². The predicted octanol–water partition coefficient (Wildman–Crippen LogP) is 2.00. The molecule has 3 atom stereocenters. The van der Waals surface area contributed by atoms with E-state index < -0.39 is 0 Å². The third-order valence-corrected chi connectivity index (χ3v) is 5.26. The van der Waals surface area contributed by atoms with Crippen molar-refractivity contribution in [2.75, 3.05) is 12.3 Å². The summed E-state index contributed by atoms with van der Waals surface area (Å²) in [6.45, 7) is 2.95. The summed E-state index contributed by atoms with van der Waals surface area (Å²) >= 11 is 1.85. The molecule has 2 aliphatic heterocycles. The molecule has 1 amide bonds. The summed E-state index contributed by atoms with van der Waals surface area (Å²) in [7, 11) is 0. The lowest BCUT2D eigenvalue weighted by Gasteiger charge is -2.40. The van der Waals surface area contributed by atoms with E-state index in [1.807, 2.05) is 18.7 Å². The number of carbonyl (C=O) groups excluding carboxylic acids is 1. The predicted molar refractivity (Wildman–Crippen MR) is 73.1 cm³/mol. The van der Waals surface area contributed by atoms with Crippen LogP contribution in [0.4, 0.5) is 0 Å². The molecule has 3 unspecified atom stereocenters. The number of rotatable bonds is 2. The third-order valence-electron chi connectivity index (χ3n) is 3.89. The van der Waals surface area contributed by atoms with E-state index in [0.717, 1.165) is 31.6 Å². The normalized spacial score (nSPS) is 32.2. The second kappa shape index (κ2) is 6.10. The zero-order valence-electron chi connectivity index (χ0n) is 10.7. The van der Waals surface area contributed by atoms with Gasteiger partial charge in [-0.15, -0.1) is 11.8 Å². The number of hydrogen-bond donors (Lipinski definition) is 1. The van der Waals surface area contributed by atoms with Gasteiger partial charge in [-0.25, -0.2) is 0 Å². The van der Waals surface area contributed by atoms with Crippen molar-refractivity contribution in [2.24, 2.45) is 5.73 Å². The van der Waals surface area contributed by atoms with Crippen molar-refractivity contribution in [1.29, 1.82) is 0 Å². The SMILES string of the molecule is CC(N)C1CCCCN1C(=O)C1CCCCS1. The smallest absolute Gasteiger partial charge is 0.235 e. The van der Waals surface area contributed by atoms with Crippen molar-refractivity contribution < 1.29 is 4.79 Å². The number of piperidine rings is 1. The summed E-state index contributed by atoms with van der Waals surface area (Å²) in [4.78, 5) is 14.6. The Balaban J connectivity index is 1.99.